The fraction of sp³-hybridized carbons (Fsp3) is 0.750. The summed E-state index contributed by atoms with van der Waals surface area (Å²) in [6, 6.07) is 0. The van der Waals surface area contributed by atoms with E-state index in [1.807, 2.05) is 0 Å². The molecule has 1 heteroatoms. The van der Waals surface area contributed by atoms with Crippen molar-refractivity contribution in [3.8, 4) is 0 Å². The van der Waals surface area contributed by atoms with Crippen LogP contribution in [0.15, 0.2) is 0 Å². The van der Waals surface area contributed by atoms with Gasteiger partial charge in [0.1, 0.15) is 0 Å². The predicted octanol–water partition coefficient (Wildman–Crippen LogP) is 1.09. The Hall–Kier alpha value is 0.220. The van der Waals surface area contributed by atoms with Crippen LogP contribution in [0.3, 0.4) is 0 Å². The van der Waals surface area contributed by atoms with Crippen LogP contribution < -0.4 is 0 Å². The van der Waals surface area contributed by atoms with E-state index in [9.17, 15) is 0 Å². The third kappa shape index (κ3) is 0.538. The van der Waals surface area contributed by atoms with Gasteiger partial charge in [-0.1, -0.05) is 5.87 Å². The van der Waals surface area contributed by atoms with Crippen LogP contribution in [-0.2, 0) is 0 Å². The first-order chi connectivity index (χ1) is 2.39. The first kappa shape index (κ1) is 3.41. The van der Waals surface area contributed by atoms with Gasteiger partial charge in [0, 0.05) is 0 Å². The highest BCUT2D eigenvalue weighted by molar-refractivity contribution is 8.15. The minimum atomic E-state index is 0.608. The van der Waals surface area contributed by atoms with Gasteiger partial charge in [-0.05, 0) is 17.9 Å². The molecule has 1 heterocycles. The van der Waals surface area contributed by atoms with Gasteiger partial charge in [0.05, 0.1) is 0 Å². The van der Waals surface area contributed by atoms with Gasteiger partial charge in [-0.3, -0.25) is 0 Å². The number of hydrogen-bond donors (Lipinski definition) is 0. The summed E-state index contributed by atoms with van der Waals surface area (Å²) in [6.45, 7) is 0. The summed E-state index contributed by atoms with van der Waals surface area (Å²) in [5, 5.41) is 0. The average molecular weight is 88.2 g/mol. The van der Waals surface area contributed by atoms with Crippen molar-refractivity contribution in [2.24, 2.45) is 0 Å². The summed E-state index contributed by atoms with van der Waals surface area (Å²) >= 11 is 0. The van der Waals surface area contributed by atoms with Gasteiger partial charge in [0.2, 0.25) is 0 Å². The molecule has 0 aromatic carbocycles. The lowest BCUT2D eigenvalue weighted by molar-refractivity contribution is 1.06. The molecule has 1 saturated heterocycles. The normalized spacial score (nSPS) is 25.6. The third-order valence-electron chi connectivity index (χ3n) is 0.866. The molecule has 1 aliphatic heterocycles. The maximum absolute atomic E-state index is 3.87. The zero-order valence-corrected chi connectivity index (χ0v) is 4.05. The topological polar surface area (TPSA) is 0 Å². The molecule has 0 unspecified atom stereocenters. The van der Waals surface area contributed by atoms with Gasteiger partial charge >= 0.3 is 0 Å². The van der Waals surface area contributed by atoms with Crippen molar-refractivity contribution in [2.75, 3.05) is 11.5 Å². The first-order valence-electron chi connectivity index (χ1n) is 1.87. The van der Waals surface area contributed by atoms with Crippen LogP contribution in [-0.4, -0.2) is 17.4 Å². The summed E-state index contributed by atoms with van der Waals surface area (Å²) < 4.78 is 0. The van der Waals surface area contributed by atoms with Gasteiger partial charge in [0.15, 0.2) is 0 Å². The predicted molar refractivity (Wildman–Crippen MR) is 29.1 cm³/mol. The highest BCUT2D eigenvalue weighted by atomic mass is 32.2. The van der Waals surface area contributed by atoms with Crippen LogP contribution in [0.4, 0.5) is 0 Å². The largest absolute Gasteiger partial charge is 0.193 e. The second kappa shape index (κ2) is 1.13. The average Bonchev–Trinajstić information content (AvgIpc) is 1.30. The Morgan fingerprint density at radius 3 is 1.80 bits per heavy atom. The zero-order chi connectivity index (χ0) is 3.70. The smallest absolute Gasteiger partial charge is 0.0115 e. The molecule has 0 saturated carbocycles. The molecule has 1 aliphatic rings. The lowest BCUT2D eigenvalue weighted by Gasteiger charge is -2.14. The fourth-order valence-electron chi connectivity index (χ4n) is 0.348. The standard InChI is InChI=1S/C4H8S/c1-5-3-2-4-5/h1-4H2. The molecule has 1 rings (SSSR count). The first-order valence-corrected chi connectivity index (χ1v) is 3.60. The molecular formula is C4H8S. The maximum Gasteiger partial charge on any atom is -0.0115 e. The second-order valence-electron chi connectivity index (χ2n) is 1.37. The Labute approximate surface area is 35.1 Å². The van der Waals surface area contributed by atoms with E-state index in [2.05, 4.69) is 5.87 Å². The minimum absolute atomic E-state index is 0.608. The van der Waals surface area contributed by atoms with Crippen molar-refractivity contribution in [2.45, 2.75) is 6.42 Å². The highest BCUT2D eigenvalue weighted by Gasteiger charge is 2.00. The summed E-state index contributed by atoms with van der Waals surface area (Å²) in [5.41, 5.74) is 0. The maximum atomic E-state index is 3.87. The summed E-state index contributed by atoms with van der Waals surface area (Å²) in [7, 11) is 0.608. The van der Waals surface area contributed by atoms with Gasteiger partial charge in [-0.15, -0.1) is 0 Å². The molecule has 0 atom stereocenters. The van der Waals surface area contributed by atoms with Gasteiger partial charge < -0.3 is 0 Å². The van der Waals surface area contributed by atoms with E-state index in [-0.39, 0.29) is 0 Å². The van der Waals surface area contributed by atoms with Crippen molar-refractivity contribution in [1.82, 2.24) is 0 Å². The van der Waals surface area contributed by atoms with Crippen LogP contribution in [0, 0.1) is 0 Å². The van der Waals surface area contributed by atoms with E-state index < -0.39 is 0 Å². The van der Waals surface area contributed by atoms with Crippen molar-refractivity contribution in [3.63, 3.8) is 0 Å². The molecule has 5 heavy (non-hydrogen) atoms. The summed E-state index contributed by atoms with van der Waals surface area (Å²) in [6.07, 6.45) is 1.44. The Balaban J connectivity index is 2.32. The van der Waals surface area contributed by atoms with Crippen LogP contribution in [0.1, 0.15) is 6.42 Å². The van der Waals surface area contributed by atoms with Gasteiger partial charge in [0.25, 0.3) is 0 Å². The van der Waals surface area contributed by atoms with Crippen LogP contribution in [0.5, 0.6) is 0 Å². The molecule has 0 aromatic heterocycles. The molecule has 0 aliphatic carbocycles. The molecule has 0 amide bonds. The summed E-state index contributed by atoms with van der Waals surface area (Å²) in [5.74, 6) is 6.68. The van der Waals surface area contributed by atoms with E-state index in [0.717, 1.165) is 0 Å². The summed E-state index contributed by atoms with van der Waals surface area (Å²) in [4.78, 5) is 0. The second-order valence-corrected chi connectivity index (χ2v) is 3.42. The SMILES string of the molecule is C=S1CCC1. The van der Waals surface area contributed by atoms with Crippen LogP contribution in [0.2, 0.25) is 0 Å². The Bertz CT molecular complexity index is 50.7. The van der Waals surface area contributed by atoms with E-state index in [1.165, 1.54) is 17.9 Å². The van der Waals surface area contributed by atoms with E-state index >= 15 is 0 Å². The lowest BCUT2D eigenvalue weighted by atomic mass is 10.5. The Kier molecular flexibility index (Phi) is 0.772. The molecule has 0 bridgehead atoms. The molecule has 0 nitrogen and oxygen atoms in total. The number of hydrogen-bond acceptors (Lipinski definition) is 0. The molecule has 0 N–H and O–H groups in total. The van der Waals surface area contributed by atoms with Crippen molar-refractivity contribution in [3.05, 3.63) is 0 Å². The zero-order valence-electron chi connectivity index (χ0n) is 3.24. The Morgan fingerprint density at radius 1 is 1.40 bits per heavy atom. The highest BCUT2D eigenvalue weighted by Crippen LogP contribution is 2.22. The quantitative estimate of drug-likeness (QED) is 0.389. The number of rotatable bonds is 0. The third-order valence-corrected chi connectivity index (χ3v) is 2.60. The molecule has 30 valence electrons. The molecule has 0 spiro atoms. The van der Waals surface area contributed by atoms with E-state index in [0.29, 0.717) is 10.5 Å². The monoisotopic (exact) mass is 88.0 g/mol. The van der Waals surface area contributed by atoms with Crippen molar-refractivity contribution in [1.29, 1.82) is 0 Å². The van der Waals surface area contributed by atoms with Crippen molar-refractivity contribution >= 4 is 16.4 Å². The lowest BCUT2D eigenvalue weighted by Crippen LogP contribution is -1.99. The van der Waals surface area contributed by atoms with Gasteiger partial charge in [-0.25, -0.2) is 0 Å². The minimum Gasteiger partial charge on any atom is -0.193 e. The fourth-order valence-corrected chi connectivity index (χ4v) is 1.05. The van der Waals surface area contributed by atoms with Gasteiger partial charge in [-0.2, -0.15) is 10.5 Å². The van der Waals surface area contributed by atoms with Crippen LogP contribution in [0.25, 0.3) is 0 Å². The van der Waals surface area contributed by atoms with E-state index in [4.69, 9.17) is 0 Å². The molecule has 0 radical (unpaired) electrons. The molecule has 1 fully saturated rings. The Morgan fingerprint density at radius 2 is 1.80 bits per heavy atom. The van der Waals surface area contributed by atoms with Crippen LogP contribution >= 0.6 is 10.5 Å². The van der Waals surface area contributed by atoms with E-state index in [1.54, 1.807) is 0 Å². The molecule has 0 aromatic rings. The molecular weight excluding hydrogens is 80.1 g/mol. The van der Waals surface area contributed by atoms with Crippen molar-refractivity contribution < 1.29 is 0 Å².